The number of ether oxygens (including phenoxy) is 3. The molecule has 0 saturated heterocycles. The molecule has 6 nitrogen and oxygen atoms in total. The van der Waals surface area contributed by atoms with Gasteiger partial charge in [-0.3, -0.25) is 14.4 Å². The van der Waals surface area contributed by atoms with E-state index in [2.05, 4.69) is 69.4 Å². The summed E-state index contributed by atoms with van der Waals surface area (Å²) in [6.45, 7) is 6.66. The molecule has 0 rings (SSSR count). The van der Waals surface area contributed by atoms with Gasteiger partial charge in [-0.1, -0.05) is 333 Å². The maximum absolute atomic E-state index is 12.9. The number of rotatable bonds is 69. The first kappa shape index (κ1) is 80.4. The first-order valence-electron chi connectivity index (χ1n) is 37.1. The maximum Gasteiger partial charge on any atom is 0.306 e. The molecule has 0 aliphatic heterocycles. The number of unbranched alkanes of at least 4 members (excludes halogenated alkanes) is 50. The highest BCUT2D eigenvalue weighted by atomic mass is 16.6. The van der Waals surface area contributed by atoms with Crippen LogP contribution in [0.1, 0.15) is 406 Å². The minimum atomic E-state index is -0.781. The van der Waals surface area contributed by atoms with Crippen LogP contribution in [0, 0.1) is 0 Å². The Kier molecular flexibility index (Phi) is 69.6. The van der Waals surface area contributed by atoms with Crippen molar-refractivity contribution in [3.8, 4) is 0 Å². The third kappa shape index (κ3) is 70.0. The Hall–Kier alpha value is -2.63. The molecule has 0 N–H and O–H groups in total. The van der Waals surface area contributed by atoms with Gasteiger partial charge in [0.1, 0.15) is 13.2 Å². The molecule has 0 aliphatic carbocycles. The molecule has 0 heterocycles. The standard InChI is InChI=1S/C77H142O6/c1-4-7-10-13-16-19-22-25-28-30-31-32-33-34-35-36-37-38-39-40-41-42-43-44-45-47-49-52-55-58-61-64-67-70-76(79)82-73-74(72-81-75(78)69-66-63-60-57-54-51-48-27-24-21-18-15-12-9-6-3)83-77(80)71-68-65-62-59-56-53-50-46-29-26-23-20-17-14-11-8-5-2/h18,21,26-27,29-31,48,74H,4-17,19-20,22-25,28,32-47,49-73H2,1-3H3/b21-18-,29-26-,31-30-,48-27-. The Labute approximate surface area is 518 Å². The second-order valence-corrected chi connectivity index (χ2v) is 25.2. The first-order chi connectivity index (χ1) is 41.0. The zero-order chi connectivity index (χ0) is 59.9. The zero-order valence-corrected chi connectivity index (χ0v) is 56.0. The number of allylic oxidation sites excluding steroid dienone is 8. The minimum absolute atomic E-state index is 0.0753. The summed E-state index contributed by atoms with van der Waals surface area (Å²) in [6.07, 6.45) is 91.6. The maximum atomic E-state index is 12.9. The highest BCUT2D eigenvalue weighted by Gasteiger charge is 2.19. The van der Waals surface area contributed by atoms with E-state index in [0.29, 0.717) is 19.3 Å². The van der Waals surface area contributed by atoms with E-state index in [-0.39, 0.29) is 31.1 Å². The molecule has 1 unspecified atom stereocenters. The van der Waals surface area contributed by atoms with Crippen molar-refractivity contribution < 1.29 is 28.6 Å². The summed E-state index contributed by atoms with van der Waals surface area (Å²) in [5.41, 5.74) is 0. The van der Waals surface area contributed by atoms with Crippen molar-refractivity contribution >= 4 is 17.9 Å². The lowest BCUT2D eigenvalue weighted by atomic mass is 10.0. The van der Waals surface area contributed by atoms with Crippen molar-refractivity contribution in [2.45, 2.75) is 412 Å². The summed E-state index contributed by atoms with van der Waals surface area (Å²) in [4.78, 5) is 38.4. The van der Waals surface area contributed by atoms with Crippen LogP contribution >= 0.6 is 0 Å². The average molecular weight is 1160 g/mol. The zero-order valence-electron chi connectivity index (χ0n) is 56.0. The van der Waals surface area contributed by atoms with E-state index >= 15 is 0 Å². The van der Waals surface area contributed by atoms with Gasteiger partial charge in [0.05, 0.1) is 0 Å². The molecule has 0 aromatic rings. The third-order valence-corrected chi connectivity index (χ3v) is 16.8. The van der Waals surface area contributed by atoms with Crippen LogP contribution in [0.15, 0.2) is 48.6 Å². The predicted molar refractivity (Wildman–Crippen MR) is 362 cm³/mol. The summed E-state index contributed by atoms with van der Waals surface area (Å²) >= 11 is 0. The quantitative estimate of drug-likeness (QED) is 0.0261. The van der Waals surface area contributed by atoms with Gasteiger partial charge in [0.2, 0.25) is 0 Å². The van der Waals surface area contributed by atoms with Crippen LogP contribution in [-0.2, 0) is 28.6 Å². The van der Waals surface area contributed by atoms with E-state index in [1.54, 1.807) is 0 Å². The van der Waals surface area contributed by atoms with E-state index in [0.717, 1.165) is 77.0 Å². The Bertz CT molecular complexity index is 1430. The largest absolute Gasteiger partial charge is 0.462 e. The van der Waals surface area contributed by atoms with Crippen LogP contribution in [0.5, 0.6) is 0 Å². The van der Waals surface area contributed by atoms with Crippen LogP contribution in [0.3, 0.4) is 0 Å². The molecule has 0 radical (unpaired) electrons. The molecule has 6 heteroatoms. The Balaban J connectivity index is 4.15. The summed E-state index contributed by atoms with van der Waals surface area (Å²) < 4.78 is 17.0. The lowest BCUT2D eigenvalue weighted by Gasteiger charge is -2.18. The lowest BCUT2D eigenvalue weighted by Crippen LogP contribution is -2.30. The van der Waals surface area contributed by atoms with Crippen molar-refractivity contribution in [3.63, 3.8) is 0 Å². The van der Waals surface area contributed by atoms with E-state index < -0.39 is 6.10 Å². The second kappa shape index (κ2) is 71.8. The van der Waals surface area contributed by atoms with Gasteiger partial charge in [0.15, 0.2) is 6.10 Å². The van der Waals surface area contributed by atoms with Crippen LogP contribution in [0.2, 0.25) is 0 Å². The predicted octanol–water partition coefficient (Wildman–Crippen LogP) is 25.7. The molecule has 0 fully saturated rings. The summed E-state index contributed by atoms with van der Waals surface area (Å²) in [5, 5.41) is 0. The second-order valence-electron chi connectivity index (χ2n) is 25.2. The lowest BCUT2D eigenvalue weighted by molar-refractivity contribution is -0.167. The van der Waals surface area contributed by atoms with Gasteiger partial charge in [0.25, 0.3) is 0 Å². The molecule has 0 bridgehead atoms. The number of esters is 3. The molecule has 1 atom stereocenters. The highest BCUT2D eigenvalue weighted by Crippen LogP contribution is 2.18. The fraction of sp³-hybridized carbons (Fsp3) is 0.857. The van der Waals surface area contributed by atoms with Gasteiger partial charge < -0.3 is 14.2 Å². The van der Waals surface area contributed by atoms with Crippen LogP contribution < -0.4 is 0 Å². The molecular weight excluding hydrogens is 1020 g/mol. The normalized spacial score (nSPS) is 12.3. The SMILES string of the molecule is CCCCC/C=C\C/C=C\CCCCCCCC(=O)OCC(COC(=O)CCCCCCCCCCCCCCCCCCCCCCC/C=C\CCCCCCCCCC)OC(=O)CCCCCCCCC/C=C\CCCCCCCC. The average Bonchev–Trinajstić information content (AvgIpc) is 3.49. The fourth-order valence-electron chi connectivity index (χ4n) is 11.2. The molecule has 0 aromatic heterocycles. The van der Waals surface area contributed by atoms with Crippen molar-refractivity contribution in [3.05, 3.63) is 48.6 Å². The van der Waals surface area contributed by atoms with E-state index in [4.69, 9.17) is 14.2 Å². The number of hydrogen-bond acceptors (Lipinski definition) is 6. The van der Waals surface area contributed by atoms with Gasteiger partial charge in [-0.15, -0.1) is 0 Å². The van der Waals surface area contributed by atoms with Crippen molar-refractivity contribution in [2.75, 3.05) is 13.2 Å². The Morgan fingerprint density at radius 2 is 0.434 bits per heavy atom. The highest BCUT2D eigenvalue weighted by molar-refractivity contribution is 5.71. The molecule has 83 heavy (non-hydrogen) atoms. The van der Waals surface area contributed by atoms with E-state index in [1.807, 2.05) is 0 Å². The van der Waals surface area contributed by atoms with Crippen LogP contribution in [0.4, 0.5) is 0 Å². The summed E-state index contributed by atoms with van der Waals surface area (Å²) in [7, 11) is 0. The molecule has 0 aliphatic rings. The summed E-state index contributed by atoms with van der Waals surface area (Å²) in [6, 6.07) is 0. The number of carbonyl (C=O) groups is 3. The molecule has 0 spiro atoms. The van der Waals surface area contributed by atoms with Gasteiger partial charge in [-0.25, -0.2) is 0 Å². The smallest absolute Gasteiger partial charge is 0.306 e. The molecule has 0 amide bonds. The minimum Gasteiger partial charge on any atom is -0.462 e. The van der Waals surface area contributed by atoms with Crippen LogP contribution in [0.25, 0.3) is 0 Å². The monoisotopic (exact) mass is 1160 g/mol. The fourth-order valence-corrected chi connectivity index (χ4v) is 11.2. The number of carbonyl (C=O) groups excluding carboxylic acids is 3. The van der Waals surface area contributed by atoms with Crippen LogP contribution in [-0.4, -0.2) is 37.2 Å². The molecule has 0 saturated carbocycles. The third-order valence-electron chi connectivity index (χ3n) is 16.8. The van der Waals surface area contributed by atoms with Crippen molar-refractivity contribution in [1.29, 1.82) is 0 Å². The topological polar surface area (TPSA) is 78.9 Å². The molecule has 486 valence electrons. The van der Waals surface area contributed by atoms with Crippen molar-refractivity contribution in [2.24, 2.45) is 0 Å². The number of hydrogen-bond donors (Lipinski definition) is 0. The van der Waals surface area contributed by atoms with E-state index in [1.165, 1.54) is 289 Å². The summed E-state index contributed by atoms with van der Waals surface area (Å²) in [5.74, 6) is -0.868. The van der Waals surface area contributed by atoms with Gasteiger partial charge in [-0.2, -0.15) is 0 Å². The van der Waals surface area contributed by atoms with Crippen molar-refractivity contribution in [1.82, 2.24) is 0 Å². The Morgan fingerprint density at radius 3 is 0.699 bits per heavy atom. The Morgan fingerprint density at radius 1 is 0.241 bits per heavy atom. The molecule has 0 aromatic carbocycles. The van der Waals surface area contributed by atoms with Gasteiger partial charge in [-0.05, 0) is 103 Å². The van der Waals surface area contributed by atoms with Gasteiger partial charge >= 0.3 is 17.9 Å². The molecular formula is C77H142O6. The first-order valence-corrected chi connectivity index (χ1v) is 37.1. The van der Waals surface area contributed by atoms with Gasteiger partial charge in [0, 0.05) is 19.3 Å². The van der Waals surface area contributed by atoms with E-state index in [9.17, 15) is 14.4 Å².